The van der Waals surface area contributed by atoms with E-state index in [0.29, 0.717) is 27.5 Å². The van der Waals surface area contributed by atoms with Crippen molar-refractivity contribution in [3.05, 3.63) is 92.3 Å². The van der Waals surface area contributed by atoms with Crippen molar-refractivity contribution in [1.29, 1.82) is 0 Å². The van der Waals surface area contributed by atoms with E-state index in [9.17, 15) is 4.79 Å². The molecule has 0 atom stereocenters. The maximum Gasteiger partial charge on any atom is 0.264 e. The highest BCUT2D eigenvalue weighted by Gasteiger charge is 2.24. The van der Waals surface area contributed by atoms with Crippen molar-refractivity contribution < 1.29 is 14.3 Å². The van der Waals surface area contributed by atoms with Crippen LogP contribution >= 0.6 is 39.3 Å². The quantitative estimate of drug-likeness (QED) is 0.366. The monoisotopic (exact) mass is 528 g/mol. The molecule has 4 rings (SSSR count). The number of hydrogen-bond acceptors (Lipinski definition) is 5. The topological polar surface area (TPSA) is 59.9 Å². The number of halogens is 2. The van der Waals surface area contributed by atoms with Crippen LogP contribution in [-0.4, -0.2) is 18.2 Å². The molecule has 32 heavy (non-hydrogen) atoms. The van der Waals surface area contributed by atoms with E-state index >= 15 is 0 Å². The standard InChI is InChI=1S/C24H18BrClN2O3S/c1-30-20-9-7-19(8-10-20)27-24-28-23(29)22(32-24)13-16-12-17(25)4-11-21(16)31-14-15-2-5-18(26)6-3-15/h2-13H,14H2,1H3,(H,27,28,29)/b22-13-. The lowest BCUT2D eigenvalue weighted by molar-refractivity contribution is -0.115. The van der Waals surface area contributed by atoms with E-state index in [1.54, 1.807) is 13.2 Å². The lowest BCUT2D eigenvalue weighted by atomic mass is 10.2. The molecule has 1 saturated heterocycles. The second-order valence-electron chi connectivity index (χ2n) is 6.78. The fraction of sp³-hybridized carbons (Fsp3) is 0.0833. The molecule has 0 spiro atoms. The van der Waals surface area contributed by atoms with Crippen molar-refractivity contribution in [2.75, 3.05) is 7.11 Å². The minimum atomic E-state index is -0.203. The summed E-state index contributed by atoms with van der Waals surface area (Å²) in [4.78, 5) is 17.6. The van der Waals surface area contributed by atoms with Crippen molar-refractivity contribution in [3.8, 4) is 11.5 Å². The summed E-state index contributed by atoms with van der Waals surface area (Å²) in [5, 5.41) is 4.01. The molecule has 1 aliphatic rings. The predicted octanol–water partition coefficient (Wildman–Crippen LogP) is 6.58. The molecule has 0 unspecified atom stereocenters. The summed E-state index contributed by atoms with van der Waals surface area (Å²) < 4.78 is 12.1. The minimum absolute atomic E-state index is 0.203. The van der Waals surface area contributed by atoms with Crippen molar-refractivity contribution in [2.45, 2.75) is 6.61 Å². The number of ether oxygens (including phenoxy) is 2. The summed E-state index contributed by atoms with van der Waals surface area (Å²) in [7, 11) is 1.61. The van der Waals surface area contributed by atoms with Crippen molar-refractivity contribution >= 4 is 62.1 Å². The third kappa shape index (κ3) is 5.73. The molecule has 1 heterocycles. The van der Waals surface area contributed by atoms with Crippen LogP contribution in [0.1, 0.15) is 11.1 Å². The number of aliphatic imine (C=N–C) groups is 1. The summed E-state index contributed by atoms with van der Waals surface area (Å²) in [6, 6.07) is 20.5. The molecular weight excluding hydrogens is 512 g/mol. The molecule has 5 nitrogen and oxygen atoms in total. The number of amides is 1. The van der Waals surface area contributed by atoms with Gasteiger partial charge in [0.1, 0.15) is 18.1 Å². The highest BCUT2D eigenvalue weighted by atomic mass is 79.9. The van der Waals surface area contributed by atoms with Crippen molar-refractivity contribution in [3.63, 3.8) is 0 Å². The summed E-state index contributed by atoms with van der Waals surface area (Å²) in [5.41, 5.74) is 2.51. The maximum atomic E-state index is 12.5. The molecule has 162 valence electrons. The number of carbonyl (C=O) groups is 1. The number of benzene rings is 3. The van der Waals surface area contributed by atoms with Crippen LogP contribution in [0.25, 0.3) is 6.08 Å². The zero-order valence-corrected chi connectivity index (χ0v) is 20.1. The smallest absolute Gasteiger partial charge is 0.264 e. The highest BCUT2D eigenvalue weighted by molar-refractivity contribution is 9.10. The van der Waals surface area contributed by atoms with E-state index in [0.717, 1.165) is 27.0 Å². The number of thioether (sulfide) groups is 1. The van der Waals surface area contributed by atoms with E-state index < -0.39 is 0 Å². The number of amidine groups is 1. The molecule has 0 radical (unpaired) electrons. The summed E-state index contributed by atoms with van der Waals surface area (Å²) in [6.45, 7) is 0.387. The molecule has 1 aliphatic heterocycles. The molecule has 3 aromatic rings. The van der Waals surface area contributed by atoms with Gasteiger partial charge >= 0.3 is 0 Å². The first-order valence-corrected chi connectivity index (χ1v) is 11.6. The van der Waals surface area contributed by atoms with E-state index in [1.807, 2.05) is 66.7 Å². The van der Waals surface area contributed by atoms with Crippen molar-refractivity contribution in [1.82, 2.24) is 5.32 Å². The third-order valence-corrected chi connectivity index (χ3v) is 6.18. The largest absolute Gasteiger partial charge is 0.497 e. The minimum Gasteiger partial charge on any atom is -0.497 e. The van der Waals surface area contributed by atoms with Gasteiger partial charge in [0.05, 0.1) is 17.7 Å². The van der Waals surface area contributed by atoms with Crippen LogP contribution in [0.2, 0.25) is 5.02 Å². The summed E-state index contributed by atoms with van der Waals surface area (Å²) in [6.07, 6.45) is 1.80. The van der Waals surface area contributed by atoms with Crippen molar-refractivity contribution in [2.24, 2.45) is 4.99 Å². The molecule has 1 N–H and O–H groups in total. The Morgan fingerprint density at radius 1 is 1.09 bits per heavy atom. The zero-order valence-electron chi connectivity index (χ0n) is 17.0. The van der Waals surface area contributed by atoms with Crippen LogP contribution in [0, 0.1) is 0 Å². The van der Waals surface area contributed by atoms with Crippen LogP contribution in [0.5, 0.6) is 11.5 Å². The maximum absolute atomic E-state index is 12.5. The fourth-order valence-corrected chi connectivity index (χ4v) is 4.24. The van der Waals surface area contributed by atoms with Gasteiger partial charge in [-0.1, -0.05) is 39.7 Å². The molecule has 1 fully saturated rings. The molecule has 0 bridgehead atoms. The second-order valence-corrected chi connectivity index (χ2v) is 9.16. The Morgan fingerprint density at radius 2 is 1.84 bits per heavy atom. The van der Waals surface area contributed by atoms with E-state index in [2.05, 4.69) is 26.2 Å². The Kier molecular flexibility index (Phi) is 7.19. The third-order valence-electron chi connectivity index (χ3n) is 4.52. The van der Waals surface area contributed by atoms with Gasteiger partial charge in [-0.25, -0.2) is 4.99 Å². The van der Waals surface area contributed by atoms with Gasteiger partial charge in [0.15, 0.2) is 5.17 Å². The molecular formula is C24H18BrClN2O3S. The first kappa shape index (κ1) is 22.5. The van der Waals surface area contributed by atoms with Gasteiger partial charge in [0, 0.05) is 15.1 Å². The van der Waals surface area contributed by atoms with Gasteiger partial charge in [0.25, 0.3) is 5.91 Å². The van der Waals surface area contributed by atoms with Crippen LogP contribution in [0.3, 0.4) is 0 Å². The number of carbonyl (C=O) groups excluding carboxylic acids is 1. The number of rotatable bonds is 6. The van der Waals surface area contributed by atoms with Gasteiger partial charge in [-0.05, 0) is 78.0 Å². The van der Waals surface area contributed by atoms with Crippen LogP contribution < -0.4 is 14.8 Å². The lowest BCUT2D eigenvalue weighted by Gasteiger charge is -2.10. The Bertz CT molecular complexity index is 1190. The van der Waals surface area contributed by atoms with E-state index in [1.165, 1.54) is 11.8 Å². The van der Waals surface area contributed by atoms with E-state index in [4.69, 9.17) is 21.1 Å². The second kappa shape index (κ2) is 10.3. The SMILES string of the molecule is COc1ccc(N=C2NC(=O)/C(=C/c3cc(Br)ccc3OCc3ccc(Cl)cc3)S2)cc1. The number of nitrogens with one attached hydrogen (secondary N) is 1. The highest BCUT2D eigenvalue weighted by Crippen LogP contribution is 2.32. The molecule has 8 heteroatoms. The Hall–Kier alpha value is -2.74. The van der Waals surface area contributed by atoms with Gasteiger partial charge in [-0.3, -0.25) is 4.79 Å². The molecule has 0 aliphatic carbocycles. The molecule has 3 aromatic carbocycles. The Balaban J connectivity index is 1.53. The number of hydrogen-bond donors (Lipinski definition) is 1. The van der Waals surface area contributed by atoms with Gasteiger partial charge < -0.3 is 14.8 Å². The number of methoxy groups -OCH3 is 1. The average Bonchev–Trinajstić information content (AvgIpc) is 3.13. The first-order valence-electron chi connectivity index (χ1n) is 9.60. The Labute approximate surface area is 203 Å². The molecule has 0 aromatic heterocycles. The molecule has 1 amide bonds. The Morgan fingerprint density at radius 3 is 2.56 bits per heavy atom. The zero-order chi connectivity index (χ0) is 22.5. The first-order chi connectivity index (χ1) is 15.5. The average molecular weight is 530 g/mol. The van der Waals surface area contributed by atoms with Gasteiger partial charge in [0.2, 0.25) is 0 Å². The fourth-order valence-electron chi connectivity index (χ4n) is 2.90. The lowest BCUT2D eigenvalue weighted by Crippen LogP contribution is -2.19. The van der Waals surface area contributed by atoms with Crippen LogP contribution in [0.4, 0.5) is 5.69 Å². The normalized spacial score (nSPS) is 15.8. The predicted molar refractivity (Wildman–Crippen MR) is 134 cm³/mol. The molecule has 0 saturated carbocycles. The van der Waals surface area contributed by atoms with Crippen LogP contribution in [0.15, 0.2) is 81.1 Å². The summed E-state index contributed by atoms with van der Waals surface area (Å²) >= 11 is 10.7. The number of nitrogens with zero attached hydrogens (tertiary/aromatic N) is 1. The van der Waals surface area contributed by atoms with Crippen LogP contribution in [-0.2, 0) is 11.4 Å². The van der Waals surface area contributed by atoms with Gasteiger partial charge in [-0.2, -0.15) is 0 Å². The summed E-state index contributed by atoms with van der Waals surface area (Å²) in [5.74, 6) is 1.22. The van der Waals surface area contributed by atoms with Gasteiger partial charge in [-0.15, -0.1) is 0 Å². The van der Waals surface area contributed by atoms with E-state index in [-0.39, 0.29) is 5.91 Å².